The number of ether oxygens (including phenoxy) is 3. The average Bonchev–Trinajstić information content (AvgIpc) is 3.04. The van der Waals surface area contributed by atoms with Gasteiger partial charge in [-0.15, -0.1) is 0 Å². The van der Waals surface area contributed by atoms with Crippen LogP contribution in [0.15, 0.2) is 60.7 Å². The van der Waals surface area contributed by atoms with Gasteiger partial charge in [0.2, 0.25) is 0 Å². The molecule has 0 saturated carbocycles. The van der Waals surface area contributed by atoms with Gasteiger partial charge in [-0.25, -0.2) is 9.24 Å². The first-order valence-corrected chi connectivity index (χ1v) is 14.9. The van der Waals surface area contributed by atoms with Crippen molar-refractivity contribution in [1.82, 2.24) is 9.80 Å². The van der Waals surface area contributed by atoms with Gasteiger partial charge >= 0.3 is 0 Å². The zero-order valence-corrected chi connectivity index (χ0v) is 24.3. The van der Waals surface area contributed by atoms with Gasteiger partial charge in [0.1, 0.15) is 29.7 Å². The number of hydrogen-bond acceptors (Lipinski definition) is 6. The van der Waals surface area contributed by atoms with Crippen LogP contribution < -0.4 is 9.47 Å². The number of amides is 1. The second-order valence-electron chi connectivity index (χ2n) is 11.1. The van der Waals surface area contributed by atoms with Gasteiger partial charge in [0.05, 0.1) is 19.8 Å². The van der Waals surface area contributed by atoms with E-state index in [1.54, 1.807) is 18.2 Å². The summed E-state index contributed by atoms with van der Waals surface area (Å²) in [4.78, 5) is 20.6. The Labute approximate surface area is 252 Å². The lowest BCUT2D eigenvalue weighted by Crippen LogP contribution is -2.41. The summed E-state index contributed by atoms with van der Waals surface area (Å²) >= 11 is 0. The van der Waals surface area contributed by atoms with Crippen molar-refractivity contribution in [1.29, 1.82) is 0 Å². The lowest BCUT2D eigenvalue weighted by atomic mass is 9.90. The summed E-state index contributed by atoms with van der Waals surface area (Å²) in [5.41, 5.74) is 2.41. The molecule has 0 aromatic heterocycles. The van der Waals surface area contributed by atoms with Crippen LogP contribution in [-0.2, 0) is 16.0 Å². The summed E-state index contributed by atoms with van der Waals surface area (Å²) in [6, 6.07) is 16.8. The fourth-order valence-corrected chi connectivity index (χ4v) is 5.60. The molecule has 2 aliphatic heterocycles. The smallest absolute Gasteiger partial charge is 0.260 e. The number of rotatable bonds is 11. The van der Waals surface area contributed by atoms with Crippen molar-refractivity contribution < 1.29 is 28.5 Å². The summed E-state index contributed by atoms with van der Waals surface area (Å²) < 4.78 is 30.7. The molecule has 2 heterocycles. The largest absolute Gasteiger partial charge is 0.507 e. The van der Waals surface area contributed by atoms with E-state index in [9.17, 15) is 14.3 Å². The van der Waals surface area contributed by atoms with Crippen molar-refractivity contribution in [3.63, 3.8) is 0 Å². The highest BCUT2D eigenvalue weighted by atomic mass is 19.1. The number of aryl methyl sites for hydroxylation is 1. The van der Waals surface area contributed by atoms with Crippen LogP contribution in [0.25, 0.3) is 16.0 Å². The van der Waals surface area contributed by atoms with Crippen LogP contribution in [0.5, 0.6) is 17.2 Å². The van der Waals surface area contributed by atoms with Gasteiger partial charge < -0.3 is 24.2 Å². The molecule has 3 aromatic rings. The van der Waals surface area contributed by atoms with E-state index in [4.69, 9.17) is 20.8 Å². The molecule has 226 valence electrons. The molecule has 2 aliphatic rings. The number of aromatic hydroxyl groups is 1. The van der Waals surface area contributed by atoms with Crippen LogP contribution in [-0.4, -0.2) is 80.0 Å². The van der Waals surface area contributed by atoms with E-state index >= 15 is 0 Å². The topological polar surface area (TPSA) is 75.8 Å². The second kappa shape index (κ2) is 14.9. The Kier molecular flexibility index (Phi) is 10.5. The molecule has 0 radical (unpaired) electrons. The lowest BCUT2D eigenvalue weighted by molar-refractivity contribution is -0.134. The molecule has 1 amide bonds. The molecule has 8 nitrogen and oxygen atoms in total. The molecular weight excluding hydrogens is 549 g/mol. The summed E-state index contributed by atoms with van der Waals surface area (Å²) in [6.07, 6.45) is 3.97. The Morgan fingerprint density at radius 2 is 1.74 bits per heavy atom. The normalized spacial score (nSPS) is 16.0. The summed E-state index contributed by atoms with van der Waals surface area (Å²) in [6.45, 7) is 13.6. The van der Waals surface area contributed by atoms with Crippen molar-refractivity contribution in [2.45, 2.75) is 25.7 Å². The molecule has 0 atom stereocenters. The van der Waals surface area contributed by atoms with Gasteiger partial charge in [0.25, 0.3) is 5.91 Å². The van der Waals surface area contributed by atoms with Gasteiger partial charge in [-0.2, -0.15) is 0 Å². The van der Waals surface area contributed by atoms with Crippen LogP contribution in [0, 0.1) is 18.3 Å². The van der Waals surface area contributed by atoms with Crippen molar-refractivity contribution in [3.05, 3.63) is 83.5 Å². The molecule has 1 N–H and O–H groups in total. The highest BCUT2D eigenvalue weighted by molar-refractivity contribution is 5.81. The second-order valence-corrected chi connectivity index (χ2v) is 11.1. The van der Waals surface area contributed by atoms with Gasteiger partial charge in [-0.3, -0.25) is 9.69 Å². The highest BCUT2D eigenvalue weighted by Gasteiger charge is 2.23. The van der Waals surface area contributed by atoms with Gasteiger partial charge in [0.15, 0.2) is 12.3 Å². The van der Waals surface area contributed by atoms with E-state index in [-0.39, 0.29) is 18.3 Å². The zero-order chi connectivity index (χ0) is 30.0. The number of halogens is 1. The molecule has 2 fully saturated rings. The van der Waals surface area contributed by atoms with Gasteiger partial charge in [-0.05, 0) is 73.6 Å². The molecule has 3 aromatic carbocycles. The van der Waals surface area contributed by atoms with Crippen molar-refractivity contribution in [3.8, 4) is 28.4 Å². The van der Waals surface area contributed by atoms with E-state index in [0.29, 0.717) is 48.2 Å². The fourth-order valence-electron chi connectivity index (χ4n) is 5.60. The first-order valence-electron chi connectivity index (χ1n) is 14.9. The molecule has 0 spiro atoms. The van der Waals surface area contributed by atoms with Crippen molar-refractivity contribution in [2.24, 2.45) is 5.92 Å². The third-order valence-corrected chi connectivity index (χ3v) is 8.21. The average molecular weight is 588 g/mol. The predicted octanol–water partition coefficient (Wildman–Crippen LogP) is 5.71. The molecule has 0 unspecified atom stereocenters. The van der Waals surface area contributed by atoms with Crippen LogP contribution in [0.4, 0.5) is 10.1 Å². The number of piperidine rings is 1. The standard InChI is InChI=1S/C34H38FN3O5/c1-36-28-7-11-33(31(23-28)30-10-6-27(35)22-32(30)39)43-24-34(40)38-14-12-26(13-15-38)3-2-25-4-8-29(9-5-25)42-21-18-37-16-19-41-20-17-37/h4-11,22-23,26,39H,2-3,12-21,24H2. The number of benzene rings is 3. The summed E-state index contributed by atoms with van der Waals surface area (Å²) in [5, 5.41) is 10.3. The third-order valence-electron chi connectivity index (χ3n) is 8.21. The summed E-state index contributed by atoms with van der Waals surface area (Å²) in [5.74, 6) is 0.877. The van der Waals surface area contributed by atoms with Crippen molar-refractivity contribution in [2.75, 3.05) is 59.2 Å². The molecular formula is C34H38FN3O5. The Hall–Kier alpha value is -4.13. The SMILES string of the molecule is [C-]#[N+]c1ccc(OCC(=O)N2CCC(CCc3ccc(OCCN4CCOCC4)cc3)CC2)c(-c2ccc(F)cc2O)c1. The van der Waals surface area contributed by atoms with E-state index in [1.807, 2.05) is 17.0 Å². The number of carbonyl (C=O) groups is 1. The third kappa shape index (κ3) is 8.46. The van der Waals surface area contributed by atoms with Crippen LogP contribution >= 0.6 is 0 Å². The Morgan fingerprint density at radius 3 is 2.47 bits per heavy atom. The summed E-state index contributed by atoms with van der Waals surface area (Å²) in [7, 11) is 0. The number of morpholine rings is 1. The monoisotopic (exact) mass is 587 g/mol. The highest BCUT2D eigenvalue weighted by Crippen LogP contribution is 2.38. The molecule has 2 saturated heterocycles. The van der Waals surface area contributed by atoms with Crippen LogP contribution in [0.1, 0.15) is 24.8 Å². The quantitative estimate of drug-likeness (QED) is 0.290. The first-order chi connectivity index (χ1) is 21.0. The number of nitrogens with zero attached hydrogens (tertiary/aromatic N) is 3. The van der Waals surface area contributed by atoms with Gasteiger partial charge in [-0.1, -0.05) is 18.2 Å². The minimum absolute atomic E-state index is 0.105. The Balaban J connectivity index is 1.05. The minimum Gasteiger partial charge on any atom is -0.507 e. The van der Waals surface area contributed by atoms with E-state index < -0.39 is 5.82 Å². The predicted molar refractivity (Wildman–Crippen MR) is 162 cm³/mol. The maximum Gasteiger partial charge on any atom is 0.260 e. The van der Waals surface area contributed by atoms with E-state index in [0.717, 1.165) is 70.3 Å². The maximum absolute atomic E-state index is 13.5. The fraction of sp³-hybridized carbons (Fsp3) is 0.412. The van der Waals surface area contributed by atoms with Crippen LogP contribution in [0.2, 0.25) is 0 Å². The zero-order valence-electron chi connectivity index (χ0n) is 24.3. The van der Waals surface area contributed by atoms with Crippen LogP contribution in [0.3, 0.4) is 0 Å². The molecule has 43 heavy (non-hydrogen) atoms. The Bertz CT molecular complexity index is 1410. The number of phenols is 1. The number of hydrogen-bond donors (Lipinski definition) is 1. The minimum atomic E-state index is -0.568. The molecule has 9 heteroatoms. The molecule has 0 bridgehead atoms. The first kappa shape index (κ1) is 30.3. The Morgan fingerprint density at radius 1 is 0.977 bits per heavy atom. The van der Waals surface area contributed by atoms with E-state index in [1.165, 1.54) is 17.7 Å². The number of phenolic OH excluding ortho intramolecular Hbond substituents is 1. The maximum atomic E-state index is 13.5. The van der Waals surface area contributed by atoms with E-state index in [2.05, 4.69) is 21.9 Å². The van der Waals surface area contributed by atoms with Gasteiger partial charge in [0, 0.05) is 49.9 Å². The number of likely N-dealkylation sites (tertiary alicyclic amines) is 1. The van der Waals surface area contributed by atoms with Crippen molar-refractivity contribution >= 4 is 11.6 Å². The lowest BCUT2D eigenvalue weighted by Gasteiger charge is -2.32. The molecule has 5 rings (SSSR count). The number of carbonyl (C=O) groups excluding carboxylic acids is 1. The molecule has 0 aliphatic carbocycles.